The van der Waals surface area contributed by atoms with Crippen molar-refractivity contribution in [2.24, 2.45) is 25.0 Å². The molecule has 23 rings (SSSR count). The number of Topliss-reactive ketones (excluding diaryl/α,β-unsaturated/α-hetero) is 5. The lowest BCUT2D eigenvalue weighted by Gasteiger charge is -2.30. The molecule has 0 unspecified atom stereocenters. The van der Waals surface area contributed by atoms with Crippen LogP contribution < -0.4 is 29.2 Å². The maximum Gasteiger partial charge on any atom is 0.416 e. The summed E-state index contributed by atoms with van der Waals surface area (Å²) in [6.07, 6.45) is 6.27. The van der Waals surface area contributed by atoms with Crippen LogP contribution in [0.3, 0.4) is 0 Å². The van der Waals surface area contributed by atoms with Crippen molar-refractivity contribution < 1.29 is 67.4 Å². The number of nitriles is 1. The third kappa shape index (κ3) is 14.5. The monoisotopic (exact) mass is 1760 g/mol. The second-order valence-electron chi connectivity index (χ2n) is 33.5. The molecule has 15 heterocycles. The maximum atomic E-state index is 13.3. The number of anilines is 5. The minimum Gasteiger partial charge on any atom is -0.481 e. The van der Waals surface area contributed by atoms with Crippen molar-refractivity contribution in [1.29, 1.82) is 5.26 Å². The number of aliphatic imine (C=N–C) groups is 5. The molecule has 5 atom stereocenters. The zero-order valence-electron chi connectivity index (χ0n) is 71.1. The Balaban J connectivity index is 0.000000105. The second-order valence-corrected chi connectivity index (χ2v) is 34.7. The molecule has 0 saturated carbocycles. The molecule has 5 saturated heterocycles. The van der Waals surface area contributed by atoms with E-state index < -0.39 is 45.5 Å². The van der Waals surface area contributed by atoms with E-state index in [1.54, 1.807) is 66.0 Å². The van der Waals surface area contributed by atoms with Crippen LogP contribution in [0.2, 0.25) is 0 Å². The first-order valence-electron chi connectivity index (χ1n) is 42.3. The largest absolute Gasteiger partial charge is 0.481 e. The number of aliphatic hydroxyl groups is 5. The number of benzene rings is 8. The Kier molecular flexibility index (Phi) is 21.1. The fraction of sp³-hybridized carbons (Fsp3) is 0.230. The molecule has 26 nitrogen and oxygen atoms in total. The standard InChI is InChI=1S/3C21H17N3O2.C19H16F3N3O3.C18H15N3O2S/c1-13-2-5-18-17(10-13)19(25)21(26)7-9-24(20(21)23-18)16-4-3-14-6-8-22-12-15(14)11-16;1-13-4-7-17-16(11-13)19(25)21(26)8-10-24(20(21)23-17)15-6-5-14-3-2-9-22-18(14)12-15;1-13-4-6-18-16(11-13)19(25)21(26)8-10-24(20(21)23-18)15-5-7-17-14(12-15)3-2-9-22-17;1-10-7-12-14(9-13(10)19(20,21)22)24-17-18(27,16(12)26)4-6-25(17)11-3-5-23-15(8-11)28-2;1-2-13-9-14-15(22)18(23)7-8-21(17(18)20-16(14)24-13)12-5-3-11(10-19)4-6-12/h2-6,8,10-12,26H,7,9H2,1H3;2*2-7,9,11-12,26H,8,10H2,1H3;3,5,7-9,27H,4,6H2,1-2H3;3-6,9,23H,2,7-8H2,1H3/t3*21-;2*18-/m11111/s1. The molecule has 13 aromatic rings. The molecule has 10 aliphatic rings. The van der Waals surface area contributed by atoms with E-state index in [2.05, 4.69) is 51.0 Å². The minimum absolute atomic E-state index is 0.00842. The van der Waals surface area contributed by atoms with Crippen molar-refractivity contribution in [3.8, 4) is 11.9 Å². The van der Waals surface area contributed by atoms with Gasteiger partial charge in [-0.25, -0.2) is 29.9 Å². The normalized spacial score (nSPS) is 21.6. The van der Waals surface area contributed by atoms with Gasteiger partial charge in [-0.2, -0.15) is 18.4 Å². The number of pyridine rings is 4. The van der Waals surface area contributed by atoms with Crippen LogP contribution in [-0.4, -0.2) is 171 Å². The van der Waals surface area contributed by atoms with Crippen molar-refractivity contribution in [3.63, 3.8) is 0 Å². The number of carbonyl (C=O) groups is 5. The predicted molar refractivity (Wildman–Crippen MR) is 492 cm³/mol. The van der Waals surface area contributed by atoms with E-state index in [-0.39, 0.29) is 58.7 Å². The number of nitrogens with zero attached hydrogens (tertiary/aromatic N) is 15. The summed E-state index contributed by atoms with van der Waals surface area (Å²) >= 11 is 1.50. The number of thiophene rings is 1. The number of hydrogen-bond donors (Lipinski definition) is 5. The molecule has 8 aromatic carbocycles. The fourth-order valence-corrected chi connectivity index (χ4v) is 19.3. The van der Waals surface area contributed by atoms with Crippen LogP contribution in [0.5, 0.6) is 5.88 Å². The van der Waals surface area contributed by atoms with Gasteiger partial charge in [-0.15, -0.1) is 11.3 Å². The van der Waals surface area contributed by atoms with E-state index in [0.29, 0.717) is 137 Å². The number of rotatable bonds is 7. The molecule has 0 radical (unpaired) electrons. The molecule has 30 heteroatoms. The Morgan fingerprint density at radius 1 is 0.415 bits per heavy atom. The second kappa shape index (κ2) is 32.3. The number of ketones is 5. The molecule has 5 N–H and O–H groups in total. The molecular weight excluding hydrogens is 1680 g/mol. The smallest absolute Gasteiger partial charge is 0.416 e. The van der Waals surface area contributed by atoms with Gasteiger partial charge in [0.2, 0.25) is 34.8 Å². The number of halogens is 3. The zero-order valence-corrected chi connectivity index (χ0v) is 71.9. The lowest BCUT2D eigenvalue weighted by Crippen LogP contribution is -2.48. The first kappa shape index (κ1) is 84.9. The SMILES string of the molecule is CCc1cc2c(s1)N=C1N(c3ccc(C#N)cc3)CC[C@@]1(O)C2=O.COc1cc(N2CC[C@@]3(O)C(=O)c4cc(C)c(C(F)(F)F)cc4N=C23)ccn1.Cc1ccc2c(c1)C(=O)[C@]1(O)CCN(c3ccc4cccnc4c3)C1=N2.Cc1ccc2c(c1)C(=O)[C@]1(O)CCN(c3ccc4ccncc4c3)C1=N2.Cc1ccc2c(c1)C(=O)[C@]1(O)CCN(c3ccc4ncccc4c3)C1=N2. The van der Waals surface area contributed by atoms with Gasteiger partial charge in [0, 0.05) is 174 Å². The van der Waals surface area contributed by atoms with Gasteiger partial charge in [0.25, 0.3) is 0 Å². The van der Waals surface area contributed by atoms with Gasteiger partial charge in [0.1, 0.15) is 28.3 Å². The number of methoxy groups -OCH3 is 1. The number of amidine groups is 5. The molecular formula is C100H82F3N15O11S. The van der Waals surface area contributed by atoms with E-state index in [0.717, 1.165) is 95.4 Å². The number of aryl methyl sites for hydroxylation is 5. The number of fused-ring (bicyclic) bond motifs is 13. The molecule has 650 valence electrons. The molecule has 130 heavy (non-hydrogen) atoms. The third-order valence-corrected chi connectivity index (χ3v) is 26.5. The van der Waals surface area contributed by atoms with Crippen molar-refractivity contribution in [3.05, 3.63) is 291 Å². The summed E-state index contributed by atoms with van der Waals surface area (Å²) in [6, 6.07) is 60.7. The number of hydrogen-bond acceptors (Lipinski definition) is 27. The number of aromatic nitrogens is 4. The fourth-order valence-electron chi connectivity index (χ4n) is 18.3. The topological polar surface area (TPSA) is 349 Å². The molecule has 5 fully saturated rings. The van der Waals surface area contributed by atoms with Gasteiger partial charge in [-0.3, -0.25) is 38.9 Å². The lowest BCUT2D eigenvalue weighted by molar-refractivity contribution is -0.138. The van der Waals surface area contributed by atoms with Crippen molar-refractivity contribution in [1.82, 2.24) is 19.9 Å². The summed E-state index contributed by atoms with van der Waals surface area (Å²) in [5.74, 6) is 0.302. The maximum absolute atomic E-state index is 13.3. The lowest BCUT2D eigenvalue weighted by atomic mass is 9.86. The Morgan fingerprint density at radius 3 is 1.35 bits per heavy atom. The van der Waals surface area contributed by atoms with E-state index >= 15 is 0 Å². The molecule has 0 bridgehead atoms. The molecule has 10 aliphatic heterocycles. The number of carbonyl (C=O) groups excluding carboxylic acids is 5. The first-order chi connectivity index (χ1) is 62.4. The quantitative estimate of drug-likeness (QED) is 0.0989. The molecule has 5 aromatic heterocycles. The average Bonchev–Trinajstić information content (AvgIpc) is 1.65. The minimum atomic E-state index is -4.57. The number of ether oxygens (including phenoxy) is 1. The first-order valence-corrected chi connectivity index (χ1v) is 43.1. The highest BCUT2D eigenvalue weighted by atomic mass is 32.1. The van der Waals surface area contributed by atoms with Crippen LogP contribution >= 0.6 is 11.3 Å². The van der Waals surface area contributed by atoms with Gasteiger partial charge >= 0.3 is 6.18 Å². The number of alkyl halides is 3. The average molecular weight is 1760 g/mol. The van der Waals surface area contributed by atoms with Gasteiger partial charge in [0.05, 0.1) is 63.7 Å². The molecule has 0 spiro atoms. The van der Waals surface area contributed by atoms with Gasteiger partial charge in [-0.1, -0.05) is 66.1 Å². The predicted octanol–water partition coefficient (Wildman–Crippen LogP) is 16.6. The van der Waals surface area contributed by atoms with Crippen LogP contribution in [0.25, 0.3) is 32.6 Å². The van der Waals surface area contributed by atoms with E-state index in [4.69, 9.17) is 10.00 Å². The van der Waals surface area contributed by atoms with Crippen LogP contribution in [-0.2, 0) is 12.6 Å². The van der Waals surface area contributed by atoms with Crippen molar-refractivity contribution in [2.45, 2.75) is 107 Å². The highest BCUT2D eigenvalue weighted by Gasteiger charge is 2.58. The summed E-state index contributed by atoms with van der Waals surface area (Å²) < 4.78 is 44.9. The van der Waals surface area contributed by atoms with Crippen LogP contribution in [0.1, 0.15) is 129 Å². The van der Waals surface area contributed by atoms with E-state index in [1.807, 2.05) is 193 Å². The summed E-state index contributed by atoms with van der Waals surface area (Å²) in [5, 5.41) is 69.1. The van der Waals surface area contributed by atoms with Crippen LogP contribution in [0, 0.1) is 39.0 Å². The van der Waals surface area contributed by atoms with Gasteiger partial charge < -0.3 is 54.8 Å². The summed E-state index contributed by atoms with van der Waals surface area (Å²) in [7, 11) is 1.45. The summed E-state index contributed by atoms with van der Waals surface area (Å²) in [6.45, 7) is 11.5. The summed E-state index contributed by atoms with van der Waals surface area (Å²) in [4.78, 5) is 115. The van der Waals surface area contributed by atoms with Gasteiger partial charge in [-0.05, 0) is 191 Å². The molecule has 0 amide bonds. The Labute approximate surface area is 746 Å². The van der Waals surface area contributed by atoms with Crippen molar-refractivity contribution >= 4 is 158 Å². The Hall–Kier alpha value is -14.6. The third-order valence-electron chi connectivity index (χ3n) is 25.3. The summed E-state index contributed by atoms with van der Waals surface area (Å²) in [5.41, 5.74) is 4.14. The molecule has 0 aliphatic carbocycles. The Morgan fingerprint density at radius 2 is 0.846 bits per heavy atom. The van der Waals surface area contributed by atoms with Crippen LogP contribution in [0.15, 0.2) is 250 Å². The van der Waals surface area contributed by atoms with Gasteiger partial charge in [0.15, 0.2) is 33.8 Å². The van der Waals surface area contributed by atoms with Crippen molar-refractivity contribution in [2.75, 3.05) is 64.3 Å². The van der Waals surface area contributed by atoms with E-state index in [1.165, 1.54) is 31.6 Å². The van der Waals surface area contributed by atoms with Crippen LogP contribution in [0.4, 0.5) is 69.4 Å². The highest BCUT2D eigenvalue weighted by Crippen LogP contribution is 2.49. The highest BCUT2D eigenvalue weighted by molar-refractivity contribution is 7.16. The Bertz CT molecular complexity index is 6790. The zero-order chi connectivity index (χ0) is 90.8. The van der Waals surface area contributed by atoms with E-state index in [9.17, 15) is 62.7 Å².